The van der Waals surface area contributed by atoms with Crippen molar-refractivity contribution in [2.45, 2.75) is 26.7 Å². The van der Waals surface area contributed by atoms with Crippen LogP contribution in [0.15, 0.2) is 30.3 Å². The van der Waals surface area contributed by atoms with E-state index in [9.17, 15) is 4.79 Å². The van der Waals surface area contributed by atoms with Gasteiger partial charge in [0.25, 0.3) is 0 Å². The Morgan fingerprint density at radius 2 is 2.00 bits per heavy atom. The first-order valence-corrected chi connectivity index (χ1v) is 5.55. The third-order valence-electron chi connectivity index (χ3n) is 2.58. The molecule has 0 aliphatic heterocycles. The molecule has 0 saturated heterocycles. The number of allylic oxidation sites excluding steroid dienone is 1. The highest BCUT2D eigenvalue weighted by molar-refractivity contribution is 5.69. The van der Waals surface area contributed by atoms with Gasteiger partial charge in [-0.3, -0.25) is 4.79 Å². The van der Waals surface area contributed by atoms with Crippen LogP contribution in [0.5, 0.6) is 0 Å². The normalized spacial score (nSPS) is 12.9. The van der Waals surface area contributed by atoms with E-state index in [1.165, 1.54) is 5.56 Å². The van der Waals surface area contributed by atoms with E-state index >= 15 is 0 Å². The van der Waals surface area contributed by atoms with E-state index in [2.05, 4.69) is 31.2 Å². The fourth-order valence-corrected chi connectivity index (χ4v) is 1.37. The summed E-state index contributed by atoms with van der Waals surface area (Å²) in [6.07, 6.45) is 5.57. The summed E-state index contributed by atoms with van der Waals surface area (Å²) in [6, 6.07) is 8.26. The highest BCUT2D eigenvalue weighted by Gasteiger charge is 2.08. The zero-order valence-electron chi connectivity index (χ0n) is 9.81. The number of rotatable bonds is 5. The molecule has 0 aliphatic rings. The molecule has 1 rings (SSSR count). The van der Waals surface area contributed by atoms with Crippen LogP contribution in [0.4, 0.5) is 0 Å². The van der Waals surface area contributed by atoms with Gasteiger partial charge >= 0.3 is 5.97 Å². The second-order valence-electron chi connectivity index (χ2n) is 4.13. The molecule has 0 amide bonds. The van der Waals surface area contributed by atoms with Crippen molar-refractivity contribution in [3.63, 3.8) is 0 Å². The third kappa shape index (κ3) is 4.30. The summed E-state index contributed by atoms with van der Waals surface area (Å²) in [7, 11) is 0. The van der Waals surface area contributed by atoms with Crippen LogP contribution in [0.3, 0.4) is 0 Å². The summed E-state index contributed by atoms with van der Waals surface area (Å²) in [5, 5.41) is 8.70. The molecule has 0 aliphatic carbocycles. The van der Waals surface area contributed by atoms with Crippen LogP contribution >= 0.6 is 0 Å². The monoisotopic (exact) mass is 218 g/mol. The van der Waals surface area contributed by atoms with Gasteiger partial charge in [0.1, 0.15) is 0 Å². The van der Waals surface area contributed by atoms with Crippen molar-refractivity contribution in [3.05, 3.63) is 41.5 Å². The number of hydrogen-bond donors (Lipinski definition) is 1. The summed E-state index contributed by atoms with van der Waals surface area (Å²) >= 11 is 0. The van der Waals surface area contributed by atoms with Crippen molar-refractivity contribution in [1.29, 1.82) is 0 Å². The first-order chi connectivity index (χ1) is 7.59. The zero-order chi connectivity index (χ0) is 12.0. The van der Waals surface area contributed by atoms with Crippen LogP contribution in [0.2, 0.25) is 0 Å². The highest BCUT2D eigenvalue weighted by atomic mass is 16.4. The fraction of sp³-hybridized carbons (Fsp3) is 0.357. The summed E-state index contributed by atoms with van der Waals surface area (Å²) in [6.45, 7) is 3.80. The van der Waals surface area contributed by atoms with Gasteiger partial charge in [-0.2, -0.15) is 0 Å². The molecule has 0 aromatic heterocycles. The van der Waals surface area contributed by atoms with Gasteiger partial charge in [-0.05, 0) is 25.3 Å². The molecule has 1 atom stereocenters. The van der Waals surface area contributed by atoms with Crippen LogP contribution < -0.4 is 0 Å². The molecule has 0 heterocycles. The van der Waals surface area contributed by atoms with Crippen LogP contribution in [0, 0.1) is 12.8 Å². The van der Waals surface area contributed by atoms with Gasteiger partial charge in [-0.25, -0.2) is 0 Å². The molecule has 2 nitrogen and oxygen atoms in total. The number of aryl methyl sites for hydroxylation is 1. The molecule has 1 aromatic carbocycles. The average Bonchev–Trinajstić information content (AvgIpc) is 2.26. The number of carbonyl (C=O) groups is 1. The molecule has 1 unspecified atom stereocenters. The first-order valence-electron chi connectivity index (χ1n) is 5.55. The van der Waals surface area contributed by atoms with Crippen LogP contribution in [0.25, 0.3) is 6.08 Å². The molecule has 0 radical (unpaired) electrons. The molecule has 86 valence electrons. The largest absolute Gasteiger partial charge is 0.481 e. The summed E-state index contributed by atoms with van der Waals surface area (Å²) < 4.78 is 0. The number of benzene rings is 1. The maximum atomic E-state index is 10.6. The van der Waals surface area contributed by atoms with Gasteiger partial charge in [0.2, 0.25) is 0 Å². The van der Waals surface area contributed by atoms with E-state index in [0.717, 1.165) is 12.0 Å². The van der Waals surface area contributed by atoms with Crippen LogP contribution in [-0.2, 0) is 4.79 Å². The SMILES string of the molecule is Cc1ccc(/C=C/CCC(C)C(=O)O)cc1. The summed E-state index contributed by atoms with van der Waals surface area (Å²) in [5.41, 5.74) is 2.41. The first kappa shape index (κ1) is 12.5. The third-order valence-corrected chi connectivity index (χ3v) is 2.58. The molecule has 16 heavy (non-hydrogen) atoms. The Kier molecular flexibility index (Phi) is 4.77. The Morgan fingerprint density at radius 1 is 1.38 bits per heavy atom. The standard InChI is InChI=1S/C14H18O2/c1-11-7-9-13(10-8-11)6-4-3-5-12(2)14(15)16/h4,6-10,12H,3,5H2,1-2H3,(H,15,16)/b6-4+. The Balaban J connectivity index is 2.37. The number of hydrogen-bond acceptors (Lipinski definition) is 1. The molecule has 0 spiro atoms. The highest BCUT2D eigenvalue weighted by Crippen LogP contribution is 2.09. The van der Waals surface area contributed by atoms with Crippen molar-refractivity contribution in [2.75, 3.05) is 0 Å². The van der Waals surface area contributed by atoms with Gasteiger partial charge in [0, 0.05) is 0 Å². The van der Waals surface area contributed by atoms with E-state index in [4.69, 9.17) is 5.11 Å². The summed E-state index contributed by atoms with van der Waals surface area (Å²) in [4.78, 5) is 10.6. The number of carboxylic acid groups (broad SMARTS) is 1. The minimum atomic E-state index is -0.719. The van der Waals surface area contributed by atoms with E-state index in [0.29, 0.717) is 6.42 Å². The smallest absolute Gasteiger partial charge is 0.306 e. The van der Waals surface area contributed by atoms with E-state index < -0.39 is 5.97 Å². The van der Waals surface area contributed by atoms with Crippen molar-refractivity contribution in [1.82, 2.24) is 0 Å². The second-order valence-corrected chi connectivity index (χ2v) is 4.13. The summed E-state index contributed by atoms with van der Waals surface area (Å²) in [5.74, 6) is -0.980. The van der Waals surface area contributed by atoms with Gasteiger partial charge < -0.3 is 5.11 Å². The molecule has 1 N–H and O–H groups in total. The Labute approximate surface area is 96.6 Å². The lowest BCUT2D eigenvalue weighted by Gasteiger charge is -2.01. The van der Waals surface area contributed by atoms with E-state index in [1.807, 2.05) is 12.2 Å². The van der Waals surface area contributed by atoms with Crippen molar-refractivity contribution in [2.24, 2.45) is 5.92 Å². The Morgan fingerprint density at radius 3 is 2.56 bits per heavy atom. The van der Waals surface area contributed by atoms with Gasteiger partial charge in [-0.15, -0.1) is 0 Å². The van der Waals surface area contributed by atoms with Crippen molar-refractivity contribution in [3.8, 4) is 0 Å². The molecular weight excluding hydrogens is 200 g/mol. The molecule has 1 aromatic rings. The lowest BCUT2D eigenvalue weighted by Crippen LogP contribution is -2.08. The number of carboxylic acids is 1. The Bertz CT molecular complexity index is 363. The minimum absolute atomic E-state index is 0.261. The van der Waals surface area contributed by atoms with E-state index in [1.54, 1.807) is 6.92 Å². The predicted octanol–water partition coefficient (Wildman–Crippen LogP) is 3.51. The molecular formula is C14H18O2. The molecule has 2 heteroatoms. The molecule has 0 saturated carbocycles. The topological polar surface area (TPSA) is 37.3 Å². The van der Waals surface area contributed by atoms with Crippen molar-refractivity contribution < 1.29 is 9.90 Å². The maximum Gasteiger partial charge on any atom is 0.306 e. The minimum Gasteiger partial charge on any atom is -0.481 e. The molecule has 0 bridgehead atoms. The van der Waals surface area contributed by atoms with Crippen LogP contribution in [0.1, 0.15) is 30.9 Å². The van der Waals surface area contributed by atoms with Crippen molar-refractivity contribution >= 4 is 12.0 Å². The lowest BCUT2D eigenvalue weighted by molar-refractivity contribution is -0.141. The number of aliphatic carboxylic acids is 1. The quantitative estimate of drug-likeness (QED) is 0.821. The lowest BCUT2D eigenvalue weighted by atomic mass is 10.1. The fourth-order valence-electron chi connectivity index (χ4n) is 1.37. The van der Waals surface area contributed by atoms with Crippen LogP contribution in [-0.4, -0.2) is 11.1 Å². The maximum absolute atomic E-state index is 10.6. The predicted molar refractivity (Wildman–Crippen MR) is 66.2 cm³/mol. The van der Waals surface area contributed by atoms with Gasteiger partial charge in [-0.1, -0.05) is 48.9 Å². The van der Waals surface area contributed by atoms with Gasteiger partial charge in [0.15, 0.2) is 0 Å². The van der Waals surface area contributed by atoms with E-state index in [-0.39, 0.29) is 5.92 Å². The Hall–Kier alpha value is -1.57. The van der Waals surface area contributed by atoms with Gasteiger partial charge in [0.05, 0.1) is 5.92 Å². The zero-order valence-corrected chi connectivity index (χ0v) is 9.81. The average molecular weight is 218 g/mol. The molecule has 0 fully saturated rings. The second kappa shape index (κ2) is 6.11.